The number of hydrogen-bond donors (Lipinski definition) is 2. The van der Waals surface area contributed by atoms with Gasteiger partial charge in [0.2, 0.25) is 11.8 Å². The molecule has 96 valence electrons. The molecule has 0 saturated carbocycles. The molecule has 2 amide bonds. The van der Waals surface area contributed by atoms with Gasteiger partial charge in [-0.1, -0.05) is 6.42 Å². The van der Waals surface area contributed by atoms with Gasteiger partial charge < -0.3 is 20.7 Å². The van der Waals surface area contributed by atoms with Gasteiger partial charge in [-0.3, -0.25) is 9.59 Å². The number of nitrogens with zero attached hydrogens (tertiary/aromatic N) is 1. The van der Waals surface area contributed by atoms with E-state index in [4.69, 9.17) is 10.5 Å². The lowest BCUT2D eigenvalue weighted by molar-refractivity contribution is -0.147. The van der Waals surface area contributed by atoms with Gasteiger partial charge >= 0.3 is 0 Å². The van der Waals surface area contributed by atoms with E-state index in [2.05, 4.69) is 5.32 Å². The molecule has 2 saturated heterocycles. The van der Waals surface area contributed by atoms with E-state index >= 15 is 0 Å². The average molecular weight is 241 g/mol. The maximum absolute atomic E-state index is 12.2. The molecule has 2 atom stereocenters. The van der Waals surface area contributed by atoms with Gasteiger partial charge in [0.1, 0.15) is 0 Å². The van der Waals surface area contributed by atoms with Crippen molar-refractivity contribution < 1.29 is 14.3 Å². The molecule has 2 unspecified atom stereocenters. The number of carbonyl (C=O) groups is 2. The van der Waals surface area contributed by atoms with Crippen molar-refractivity contribution >= 4 is 11.8 Å². The third-order valence-corrected chi connectivity index (χ3v) is 3.30. The van der Waals surface area contributed by atoms with E-state index in [0.29, 0.717) is 13.2 Å². The van der Waals surface area contributed by atoms with Gasteiger partial charge in [-0.25, -0.2) is 0 Å². The number of morpholine rings is 1. The molecule has 2 fully saturated rings. The number of primary amides is 1. The number of hydrogen-bond acceptors (Lipinski definition) is 4. The molecule has 2 rings (SSSR count). The van der Waals surface area contributed by atoms with Gasteiger partial charge in [0.05, 0.1) is 19.2 Å². The van der Waals surface area contributed by atoms with E-state index in [1.54, 1.807) is 4.90 Å². The Morgan fingerprint density at radius 3 is 2.82 bits per heavy atom. The van der Waals surface area contributed by atoms with Gasteiger partial charge in [-0.2, -0.15) is 0 Å². The van der Waals surface area contributed by atoms with E-state index in [1.165, 1.54) is 0 Å². The Hall–Kier alpha value is -1.14. The summed E-state index contributed by atoms with van der Waals surface area (Å²) in [7, 11) is 0. The van der Waals surface area contributed by atoms with Gasteiger partial charge in [0.25, 0.3) is 0 Å². The number of nitrogens with two attached hydrogens (primary N) is 1. The number of nitrogens with one attached hydrogen (secondary N) is 1. The lowest BCUT2D eigenvalue weighted by atomic mass is 10.0. The predicted octanol–water partition coefficient (Wildman–Crippen LogP) is -1.16. The first kappa shape index (κ1) is 12.3. The molecule has 2 heterocycles. The molecular formula is C11H19N3O3. The Kier molecular flexibility index (Phi) is 3.96. The molecule has 0 radical (unpaired) electrons. The minimum Gasteiger partial charge on any atom is -0.367 e. The lowest BCUT2D eigenvalue weighted by Crippen LogP contribution is -2.55. The highest BCUT2D eigenvalue weighted by atomic mass is 16.5. The molecule has 17 heavy (non-hydrogen) atoms. The van der Waals surface area contributed by atoms with Crippen molar-refractivity contribution in [3.63, 3.8) is 0 Å². The first-order valence-corrected chi connectivity index (χ1v) is 6.11. The second-order valence-corrected chi connectivity index (χ2v) is 4.55. The predicted molar refractivity (Wildman–Crippen MR) is 61.2 cm³/mol. The van der Waals surface area contributed by atoms with Crippen LogP contribution in [0.4, 0.5) is 0 Å². The summed E-state index contributed by atoms with van der Waals surface area (Å²) in [6.07, 6.45) is 2.41. The van der Waals surface area contributed by atoms with Crippen LogP contribution >= 0.6 is 0 Å². The highest BCUT2D eigenvalue weighted by Crippen LogP contribution is 2.12. The zero-order chi connectivity index (χ0) is 12.3. The van der Waals surface area contributed by atoms with Crippen molar-refractivity contribution in [1.29, 1.82) is 0 Å². The molecule has 2 aliphatic heterocycles. The van der Waals surface area contributed by atoms with Crippen LogP contribution in [-0.2, 0) is 14.3 Å². The van der Waals surface area contributed by atoms with Crippen LogP contribution in [0.15, 0.2) is 0 Å². The summed E-state index contributed by atoms with van der Waals surface area (Å²) < 4.78 is 5.22. The fraction of sp³-hybridized carbons (Fsp3) is 0.818. The third-order valence-electron chi connectivity index (χ3n) is 3.30. The van der Waals surface area contributed by atoms with Crippen molar-refractivity contribution in [3.05, 3.63) is 0 Å². The number of rotatable bonds is 2. The van der Waals surface area contributed by atoms with Gasteiger partial charge in [-0.05, 0) is 19.4 Å². The second-order valence-electron chi connectivity index (χ2n) is 4.55. The van der Waals surface area contributed by atoms with Crippen molar-refractivity contribution in [2.24, 2.45) is 5.73 Å². The summed E-state index contributed by atoms with van der Waals surface area (Å²) in [6.45, 7) is 2.10. The van der Waals surface area contributed by atoms with Crippen molar-refractivity contribution in [2.45, 2.75) is 31.4 Å². The average Bonchev–Trinajstić information content (AvgIpc) is 2.39. The first-order valence-electron chi connectivity index (χ1n) is 6.11. The topological polar surface area (TPSA) is 84.7 Å². The van der Waals surface area contributed by atoms with Crippen LogP contribution in [0.2, 0.25) is 0 Å². The Morgan fingerprint density at radius 2 is 2.18 bits per heavy atom. The maximum Gasteiger partial charge on any atom is 0.248 e. The van der Waals surface area contributed by atoms with Crippen LogP contribution in [0.3, 0.4) is 0 Å². The molecule has 0 aromatic heterocycles. The summed E-state index contributed by atoms with van der Waals surface area (Å²) in [6, 6.07) is -0.102. The van der Waals surface area contributed by atoms with Crippen LogP contribution in [0, 0.1) is 0 Å². The van der Waals surface area contributed by atoms with Crippen LogP contribution in [0.1, 0.15) is 19.3 Å². The summed E-state index contributed by atoms with van der Waals surface area (Å²) >= 11 is 0. The minimum atomic E-state index is -0.656. The van der Waals surface area contributed by atoms with E-state index in [-0.39, 0.29) is 18.5 Å². The Balaban J connectivity index is 1.91. The number of amides is 2. The molecule has 0 aromatic rings. The zero-order valence-electron chi connectivity index (χ0n) is 9.85. The van der Waals surface area contributed by atoms with Crippen LogP contribution in [0.25, 0.3) is 0 Å². The summed E-state index contributed by atoms with van der Waals surface area (Å²) in [5.41, 5.74) is 5.19. The smallest absolute Gasteiger partial charge is 0.248 e. The third kappa shape index (κ3) is 2.95. The maximum atomic E-state index is 12.2. The quantitative estimate of drug-likeness (QED) is 0.639. The van der Waals surface area contributed by atoms with Gasteiger partial charge in [0.15, 0.2) is 6.10 Å². The van der Waals surface area contributed by atoms with Crippen molar-refractivity contribution in [2.75, 3.05) is 26.2 Å². The van der Waals surface area contributed by atoms with E-state index < -0.39 is 12.0 Å². The fourth-order valence-corrected chi connectivity index (χ4v) is 2.30. The second kappa shape index (κ2) is 5.46. The molecule has 3 N–H and O–H groups in total. The fourth-order valence-electron chi connectivity index (χ4n) is 2.30. The van der Waals surface area contributed by atoms with E-state index in [1.807, 2.05) is 0 Å². The molecule has 0 bridgehead atoms. The monoisotopic (exact) mass is 241 g/mol. The Morgan fingerprint density at radius 1 is 1.35 bits per heavy atom. The molecular weight excluding hydrogens is 222 g/mol. The summed E-state index contributed by atoms with van der Waals surface area (Å²) in [4.78, 5) is 24.9. The number of carbonyl (C=O) groups excluding carboxylic acids is 2. The van der Waals surface area contributed by atoms with E-state index in [9.17, 15) is 9.59 Å². The van der Waals surface area contributed by atoms with Gasteiger partial charge in [-0.15, -0.1) is 0 Å². The molecule has 0 aliphatic carbocycles. The first-order chi connectivity index (χ1) is 8.18. The Labute approximate surface area is 100 Å². The molecule has 0 spiro atoms. The van der Waals surface area contributed by atoms with Crippen molar-refractivity contribution in [1.82, 2.24) is 10.2 Å². The number of piperidine rings is 1. The van der Waals surface area contributed by atoms with Crippen molar-refractivity contribution in [3.8, 4) is 0 Å². The van der Waals surface area contributed by atoms with Gasteiger partial charge in [0, 0.05) is 6.54 Å². The normalized spacial score (nSPS) is 30.0. The highest BCUT2D eigenvalue weighted by Gasteiger charge is 2.31. The standard InChI is InChI=1S/C11H19N3O3/c12-10(15)9-7-14(5-6-17-9)11(16)8-3-1-2-4-13-8/h8-9,13H,1-7H2,(H2,12,15). The number of ether oxygens (including phenoxy) is 1. The minimum absolute atomic E-state index is 0.0688. The van der Waals surface area contributed by atoms with E-state index in [0.717, 1.165) is 25.8 Å². The van der Waals surface area contributed by atoms with Crippen LogP contribution < -0.4 is 11.1 Å². The highest BCUT2D eigenvalue weighted by molar-refractivity contribution is 5.84. The summed E-state index contributed by atoms with van der Waals surface area (Å²) in [5, 5.41) is 3.21. The van der Waals surface area contributed by atoms with Crippen LogP contribution in [0.5, 0.6) is 0 Å². The SMILES string of the molecule is NC(=O)C1CN(C(=O)C2CCCCN2)CCO1. The lowest BCUT2D eigenvalue weighted by Gasteiger charge is -2.35. The molecule has 0 aromatic carbocycles. The Bertz CT molecular complexity index is 302. The molecule has 6 heteroatoms. The largest absolute Gasteiger partial charge is 0.367 e. The summed E-state index contributed by atoms with van der Waals surface area (Å²) in [5.74, 6) is -0.432. The zero-order valence-corrected chi connectivity index (χ0v) is 9.85. The molecule has 6 nitrogen and oxygen atoms in total. The molecule has 2 aliphatic rings. The van der Waals surface area contributed by atoms with Crippen LogP contribution in [-0.4, -0.2) is 55.1 Å².